The Kier molecular flexibility index (Phi) is 5.18. The Hall–Kier alpha value is -2.73. The lowest BCUT2D eigenvalue weighted by atomic mass is 10.2. The van der Waals surface area contributed by atoms with E-state index in [0.717, 1.165) is 34.3 Å². The fraction of sp³-hybridized carbons (Fsp3) is 0.278. The van der Waals surface area contributed by atoms with Crippen molar-refractivity contribution in [1.29, 1.82) is 0 Å². The Morgan fingerprint density at radius 1 is 1.17 bits per heavy atom. The van der Waals surface area contributed by atoms with Gasteiger partial charge in [-0.3, -0.25) is 5.10 Å². The zero-order valence-electron chi connectivity index (χ0n) is 13.8. The number of H-pyrrole nitrogens is 1. The van der Waals surface area contributed by atoms with Crippen LogP contribution in [0.4, 0.5) is 0 Å². The van der Waals surface area contributed by atoms with E-state index in [1.54, 1.807) is 13.3 Å². The summed E-state index contributed by atoms with van der Waals surface area (Å²) >= 11 is 0. The van der Waals surface area contributed by atoms with Crippen molar-refractivity contribution in [3.63, 3.8) is 0 Å². The summed E-state index contributed by atoms with van der Waals surface area (Å²) < 4.78 is 16.6. The van der Waals surface area contributed by atoms with E-state index in [-0.39, 0.29) is 0 Å². The highest BCUT2D eigenvalue weighted by molar-refractivity contribution is 5.56. The van der Waals surface area contributed by atoms with E-state index in [2.05, 4.69) is 15.5 Å². The van der Waals surface area contributed by atoms with Crippen molar-refractivity contribution in [2.24, 2.45) is 0 Å². The molecule has 0 unspecified atom stereocenters. The van der Waals surface area contributed by atoms with Gasteiger partial charge in [-0.25, -0.2) is 0 Å². The average molecular weight is 327 g/mol. The standard InChI is InChI=1S/C18H21N3O3/c1-13-7-8-17(24-13)18-14(12-20-21-18)11-19-9-10-23-16-6-4-3-5-15(16)22-2/h3-8,12,19H,9-11H2,1-2H3,(H,20,21). The molecular weight excluding hydrogens is 306 g/mol. The molecule has 0 atom stereocenters. The fourth-order valence-electron chi connectivity index (χ4n) is 2.42. The molecule has 0 saturated carbocycles. The van der Waals surface area contributed by atoms with Crippen LogP contribution < -0.4 is 14.8 Å². The van der Waals surface area contributed by atoms with Gasteiger partial charge in [0.2, 0.25) is 0 Å². The number of ether oxygens (including phenoxy) is 2. The summed E-state index contributed by atoms with van der Waals surface area (Å²) in [7, 11) is 1.64. The second kappa shape index (κ2) is 7.70. The van der Waals surface area contributed by atoms with E-state index in [9.17, 15) is 0 Å². The number of furan rings is 1. The second-order valence-electron chi connectivity index (χ2n) is 5.36. The van der Waals surface area contributed by atoms with Gasteiger partial charge in [0, 0.05) is 18.7 Å². The Balaban J connectivity index is 1.48. The molecule has 2 aromatic heterocycles. The summed E-state index contributed by atoms with van der Waals surface area (Å²) in [5.74, 6) is 3.16. The molecule has 6 nitrogen and oxygen atoms in total. The molecule has 126 valence electrons. The molecule has 0 aliphatic rings. The van der Waals surface area contributed by atoms with Crippen molar-refractivity contribution in [1.82, 2.24) is 15.5 Å². The average Bonchev–Trinajstić information content (AvgIpc) is 3.23. The lowest BCUT2D eigenvalue weighted by molar-refractivity contribution is 0.292. The second-order valence-corrected chi connectivity index (χ2v) is 5.36. The lowest BCUT2D eigenvalue weighted by Gasteiger charge is -2.10. The number of aromatic nitrogens is 2. The first-order valence-corrected chi connectivity index (χ1v) is 7.83. The maximum Gasteiger partial charge on any atom is 0.161 e. The van der Waals surface area contributed by atoms with Gasteiger partial charge in [0.25, 0.3) is 0 Å². The zero-order chi connectivity index (χ0) is 16.8. The van der Waals surface area contributed by atoms with Gasteiger partial charge >= 0.3 is 0 Å². The van der Waals surface area contributed by atoms with Gasteiger partial charge in [-0.2, -0.15) is 5.10 Å². The first-order chi connectivity index (χ1) is 11.8. The van der Waals surface area contributed by atoms with E-state index >= 15 is 0 Å². The summed E-state index contributed by atoms with van der Waals surface area (Å²) in [5, 5.41) is 10.4. The summed E-state index contributed by atoms with van der Waals surface area (Å²) in [6.07, 6.45) is 1.81. The van der Waals surface area contributed by atoms with Gasteiger partial charge < -0.3 is 19.2 Å². The number of aromatic amines is 1. The Morgan fingerprint density at radius 3 is 2.75 bits per heavy atom. The van der Waals surface area contributed by atoms with Crippen molar-refractivity contribution in [3.8, 4) is 23.0 Å². The molecule has 0 amide bonds. The SMILES string of the molecule is COc1ccccc1OCCNCc1cn[nH]c1-c1ccc(C)o1. The maximum absolute atomic E-state index is 5.74. The molecule has 0 aliphatic heterocycles. The first kappa shape index (κ1) is 16.1. The first-order valence-electron chi connectivity index (χ1n) is 7.83. The largest absolute Gasteiger partial charge is 0.493 e. The number of hydrogen-bond donors (Lipinski definition) is 2. The molecule has 6 heteroatoms. The van der Waals surface area contributed by atoms with Crippen LogP contribution in [-0.4, -0.2) is 30.5 Å². The Bertz CT molecular complexity index is 779. The van der Waals surface area contributed by atoms with Crippen molar-refractivity contribution >= 4 is 0 Å². The minimum Gasteiger partial charge on any atom is -0.493 e. The van der Waals surface area contributed by atoms with E-state index in [0.29, 0.717) is 19.7 Å². The van der Waals surface area contributed by atoms with Crippen LogP contribution >= 0.6 is 0 Å². The lowest BCUT2D eigenvalue weighted by Crippen LogP contribution is -2.20. The molecule has 2 N–H and O–H groups in total. The number of benzene rings is 1. The number of nitrogens with one attached hydrogen (secondary N) is 2. The molecule has 0 bridgehead atoms. The van der Waals surface area contributed by atoms with Crippen LogP contribution in [0.3, 0.4) is 0 Å². The van der Waals surface area contributed by atoms with Crippen molar-refractivity contribution in [3.05, 3.63) is 53.9 Å². The van der Waals surface area contributed by atoms with Crippen LogP contribution in [0.15, 0.2) is 47.0 Å². The molecule has 0 fully saturated rings. The summed E-state index contributed by atoms with van der Waals surface area (Å²) in [5.41, 5.74) is 1.96. The van der Waals surface area contributed by atoms with E-state index in [1.807, 2.05) is 43.3 Å². The highest BCUT2D eigenvalue weighted by Gasteiger charge is 2.10. The number of nitrogens with zero attached hydrogens (tertiary/aromatic N) is 1. The predicted octanol–water partition coefficient (Wildman–Crippen LogP) is 3.16. The summed E-state index contributed by atoms with van der Waals surface area (Å²) in [4.78, 5) is 0. The van der Waals surface area contributed by atoms with Crippen LogP contribution in [-0.2, 0) is 6.54 Å². The smallest absolute Gasteiger partial charge is 0.161 e. The van der Waals surface area contributed by atoms with Crippen LogP contribution in [0.5, 0.6) is 11.5 Å². The molecule has 0 radical (unpaired) electrons. The molecule has 3 rings (SSSR count). The number of aryl methyl sites for hydroxylation is 1. The predicted molar refractivity (Wildman–Crippen MR) is 91.2 cm³/mol. The molecule has 24 heavy (non-hydrogen) atoms. The zero-order valence-corrected chi connectivity index (χ0v) is 13.8. The molecule has 3 aromatic rings. The van der Waals surface area contributed by atoms with E-state index < -0.39 is 0 Å². The van der Waals surface area contributed by atoms with Crippen molar-refractivity contribution in [2.45, 2.75) is 13.5 Å². The number of para-hydroxylation sites is 2. The van der Waals surface area contributed by atoms with Crippen molar-refractivity contribution in [2.75, 3.05) is 20.3 Å². The van der Waals surface area contributed by atoms with Gasteiger partial charge in [0.15, 0.2) is 17.3 Å². The Morgan fingerprint density at radius 2 is 2.00 bits per heavy atom. The van der Waals surface area contributed by atoms with Crippen LogP contribution in [0.1, 0.15) is 11.3 Å². The van der Waals surface area contributed by atoms with Crippen LogP contribution in [0.25, 0.3) is 11.5 Å². The van der Waals surface area contributed by atoms with Crippen molar-refractivity contribution < 1.29 is 13.9 Å². The highest BCUT2D eigenvalue weighted by Crippen LogP contribution is 2.25. The quantitative estimate of drug-likeness (QED) is 0.622. The summed E-state index contributed by atoms with van der Waals surface area (Å²) in [6, 6.07) is 11.5. The van der Waals surface area contributed by atoms with E-state index in [1.165, 1.54) is 0 Å². The maximum atomic E-state index is 5.74. The van der Waals surface area contributed by atoms with Gasteiger partial charge in [-0.15, -0.1) is 0 Å². The molecule has 1 aromatic carbocycles. The molecular formula is C18H21N3O3. The topological polar surface area (TPSA) is 72.3 Å². The molecule has 2 heterocycles. The number of hydrogen-bond acceptors (Lipinski definition) is 5. The third-order valence-corrected chi connectivity index (χ3v) is 3.63. The minimum absolute atomic E-state index is 0.549. The molecule has 0 saturated heterocycles. The van der Waals surface area contributed by atoms with Gasteiger partial charge in [0.05, 0.1) is 13.3 Å². The normalized spacial score (nSPS) is 10.8. The van der Waals surface area contributed by atoms with Gasteiger partial charge in [-0.05, 0) is 31.2 Å². The summed E-state index contributed by atoms with van der Waals surface area (Å²) in [6.45, 7) is 3.86. The third kappa shape index (κ3) is 3.78. The van der Waals surface area contributed by atoms with E-state index in [4.69, 9.17) is 13.9 Å². The van der Waals surface area contributed by atoms with Crippen LogP contribution in [0, 0.1) is 6.92 Å². The minimum atomic E-state index is 0.549. The third-order valence-electron chi connectivity index (χ3n) is 3.63. The monoisotopic (exact) mass is 327 g/mol. The number of methoxy groups -OCH3 is 1. The highest BCUT2D eigenvalue weighted by atomic mass is 16.5. The van der Waals surface area contributed by atoms with Gasteiger partial charge in [0.1, 0.15) is 18.1 Å². The van der Waals surface area contributed by atoms with Gasteiger partial charge in [-0.1, -0.05) is 12.1 Å². The molecule has 0 spiro atoms. The van der Waals surface area contributed by atoms with Crippen LogP contribution in [0.2, 0.25) is 0 Å². The molecule has 0 aliphatic carbocycles. The number of rotatable bonds is 8. The fourth-order valence-corrected chi connectivity index (χ4v) is 2.42. The Labute approximate surface area is 140 Å².